The van der Waals surface area contributed by atoms with E-state index in [0.717, 1.165) is 32.2 Å². The average molecular weight is 356 g/mol. The predicted octanol–water partition coefficient (Wildman–Crippen LogP) is 4.68. The van der Waals surface area contributed by atoms with E-state index in [9.17, 15) is 0 Å². The molecule has 0 aliphatic heterocycles. The van der Waals surface area contributed by atoms with Gasteiger partial charge in [-0.05, 0) is 74.8 Å². The summed E-state index contributed by atoms with van der Waals surface area (Å²) in [5.41, 5.74) is 8.30. The van der Waals surface area contributed by atoms with Crippen LogP contribution in [-0.4, -0.2) is 28.4 Å². The standard InChI is InChI=1S/C21H29N3S/c1-6-16-12-17(25-14-16)8-9-19-21-18(7-2)15(3)20(13-23(4)5)24(21)11-10-22-19/h10-12,14H,6-9,13H2,1-5H3. The summed E-state index contributed by atoms with van der Waals surface area (Å²) in [5, 5.41) is 2.29. The lowest BCUT2D eigenvalue weighted by Gasteiger charge is -2.11. The monoisotopic (exact) mass is 355 g/mol. The summed E-state index contributed by atoms with van der Waals surface area (Å²) in [7, 11) is 4.27. The highest BCUT2D eigenvalue weighted by Crippen LogP contribution is 2.27. The fourth-order valence-corrected chi connectivity index (χ4v) is 4.61. The normalized spacial score (nSPS) is 11.8. The van der Waals surface area contributed by atoms with Crippen LogP contribution in [0.3, 0.4) is 0 Å². The van der Waals surface area contributed by atoms with E-state index >= 15 is 0 Å². The lowest BCUT2D eigenvalue weighted by molar-refractivity contribution is 0.394. The number of aryl methyl sites for hydroxylation is 4. The van der Waals surface area contributed by atoms with Crippen LogP contribution in [0.4, 0.5) is 0 Å². The fourth-order valence-electron chi connectivity index (χ4n) is 3.64. The highest BCUT2D eigenvalue weighted by atomic mass is 32.1. The number of hydrogen-bond acceptors (Lipinski definition) is 3. The molecular weight excluding hydrogens is 326 g/mol. The van der Waals surface area contributed by atoms with E-state index in [4.69, 9.17) is 4.98 Å². The minimum Gasteiger partial charge on any atom is -0.316 e. The van der Waals surface area contributed by atoms with Gasteiger partial charge in [-0.3, -0.25) is 4.98 Å². The number of fused-ring (bicyclic) bond motifs is 1. The Morgan fingerprint density at radius 3 is 2.60 bits per heavy atom. The second kappa shape index (κ2) is 7.71. The van der Waals surface area contributed by atoms with Crippen LogP contribution >= 0.6 is 11.3 Å². The molecule has 0 aliphatic rings. The van der Waals surface area contributed by atoms with Gasteiger partial charge in [0.2, 0.25) is 0 Å². The largest absolute Gasteiger partial charge is 0.316 e. The Bertz CT molecular complexity index is 858. The first-order chi connectivity index (χ1) is 12.0. The molecule has 134 valence electrons. The molecule has 0 fully saturated rings. The molecule has 0 radical (unpaired) electrons. The molecule has 0 atom stereocenters. The van der Waals surface area contributed by atoms with E-state index in [1.807, 2.05) is 17.5 Å². The maximum atomic E-state index is 4.76. The number of thiophene rings is 1. The lowest BCUT2D eigenvalue weighted by Crippen LogP contribution is -2.13. The molecule has 0 bridgehead atoms. The van der Waals surface area contributed by atoms with Crippen molar-refractivity contribution in [2.75, 3.05) is 14.1 Å². The zero-order valence-electron chi connectivity index (χ0n) is 16.1. The van der Waals surface area contributed by atoms with Crippen LogP contribution in [0.25, 0.3) is 5.52 Å². The van der Waals surface area contributed by atoms with E-state index in [2.05, 4.69) is 61.8 Å². The highest BCUT2D eigenvalue weighted by Gasteiger charge is 2.17. The topological polar surface area (TPSA) is 20.5 Å². The molecule has 0 unspecified atom stereocenters. The van der Waals surface area contributed by atoms with E-state index < -0.39 is 0 Å². The van der Waals surface area contributed by atoms with Crippen molar-refractivity contribution in [3.05, 3.63) is 56.8 Å². The maximum absolute atomic E-state index is 4.76. The van der Waals surface area contributed by atoms with Gasteiger partial charge < -0.3 is 9.30 Å². The number of rotatable bonds is 7. The summed E-state index contributed by atoms with van der Waals surface area (Å²) in [6, 6.07) is 2.35. The molecule has 25 heavy (non-hydrogen) atoms. The molecule has 3 heterocycles. The van der Waals surface area contributed by atoms with Crippen LogP contribution in [0.5, 0.6) is 0 Å². The number of aromatic nitrogens is 2. The third kappa shape index (κ3) is 3.65. The van der Waals surface area contributed by atoms with Crippen molar-refractivity contribution in [1.82, 2.24) is 14.3 Å². The van der Waals surface area contributed by atoms with Crippen molar-refractivity contribution < 1.29 is 0 Å². The molecule has 3 aromatic rings. The van der Waals surface area contributed by atoms with Gasteiger partial charge in [-0.25, -0.2) is 0 Å². The Morgan fingerprint density at radius 2 is 1.96 bits per heavy atom. The van der Waals surface area contributed by atoms with Gasteiger partial charge in [-0.1, -0.05) is 13.8 Å². The second-order valence-electron chi connectivity index (χ2n) is 7.01. The summed E-state index contributed by atoms with van der Waals surface area (Å²) in [6.45, 7) is 7.70. The van der Waals surface area contributed by atoms with E-state index in [1.54, 1.807) is 0 Å². The van der Waals surface area contributed by atoms with E-state index in [1.165, 1.54) is 38.5 Å². The number of hydrogen-bond donors (Lipinski definition) is 0. The minimum atomic E-state index is 0.960. The Kier molecular flexibility index (Phi) is 5.60. The van der Waals surface area contributed by atoms with Crippen LogP contribution in [0.15, 0.2) is 23.8 Å². The molecule has 0 saturated carbocycles. The van der Waals surface area contributed by atoms with Gasteiger partial charge in [-0.15, -0.1) is 11.3 Å². The first-order valence-electron chi connectivity index (χ1n) is 9.22. The highest BCUT2D eigenvalue weighted by molar-refractivity contribution is 7.10. The molecule has 0 aliphatic carbocycles. The molecule has 3 rings (SSSR count). The van der Waals surface area contributed by atoms with Crippen molar-refractivity contribution in [3.63, 3.8) is 0 Å². The van der Waals surface area contributed by atoms with Crippen molar-refractivity contribution in [1.29, 1.82) is 0 Å². The first-order valence-corrected chi connectivity index (χ1v) is 10.1. The summed E-state index contributed by atoms with van der Waals surface area (Å²) < 4.78 is 2.38. The van der Waals surface area contributed by atoms with Crippen molar-refractivity contribution in [2.24, 2.45) is 0 Å². The quantitative estimate of drug-likeness (QED) is 0.613. The van der Waals surface area contributed by atoms with Gasteiger partial charge in [0, 0.05) is 29.5 Å². The van der Waals surface area contributed by atoms with Gasteiger partial charge in [0.25, 0.3) is 0 Å². The van der Waals surface area contributed by atoms with Crippen molar-refractivity contribution >= 4 is 16.9 Å². The molecule has 0 amide bonds. The van der Waals surface area contributed by atoms with Crippen molar-refractivity contribution in [2.45, 2.75) is 53.0 Å². The maximum Gasteiger partial charge on any atom is 0.0704 e. The predicted molar refractivity (Wildman–Crippen MR) is 108 cm³/mol. The van der Waals surface area contributed by atoms with Crippen LogP contribution in [0.1, 0.15) is 46.8 Å². The third-order valence-electron chi connectivity index (χ3n) is 4.97. The summed E-state index contributed by atoms with van der Waals surface area (Å²) in [6.07, 6.45) is 8.35. The molecule has 0 saturated heterocycles. The van der Waals surface area contributed by atoms with Crippen LogP contribution in [0.2, 0.25) is 0 Å². The molecule has 0 N–H and O–H groups in total. The average Bonchev–Trinajstić information content (AvgIpc) is 3.16. The Morgan fingerprint density at radius 1 is 1.16 bits per heavy atom. The molecule has 4 heteroatoms. The summed E-state index contributed by atoms with van der Waals surface area (Å²) in [5.74, 6) is 0. The molecule has 0 spiro atoms. The molecule has 3 nitrogen and oxygen atoms in total. The Balaban J connectivity index is 1.97. The Labute approximate surface area is 155 Å². The van der Waals surface area contributed by atoms with Crippen LogP contribution in [0, 0.1) is 6.92 Å². The summed E-state index contributed by atoms with van der Waals surface area (Å²) >= 11 is 1.88. The number of nitrogens with zero attached hydrogens (tertiary/aromatic N) is 3. The van der Waals surface area contributed by atoms with Gasteiger partial charge in [0.05, 0.1) is 11.2 Å². The summed E-state index contributed by atoms with van der Waals surface area (Å²) in [4.78, 5) is 8.47. The molecular formula is C21H29N3S. The van der Waals surface area contributed by atoms with Crippen molar-refractivity contribution in [3.8, 4) is 0 Å². The van der Waals surface area contributed by atoms with Gasteiger partial charge >= 0.3 is 0 Å². The van der Waals surface area contributed by atoms with E-state index in [-0.39, 0.29) is 0 Å². The van der Waals surface area contributed by atoms with Gasteiger partial charge in [0.1, 0.15) is 0 Å². The van der Waals surface area contributed by atoms with Gasteiger partial charge in [-0.2, -0.15) is 0 Å². The molecule has 3 aromatic heterocycles. The van der Waals surface area contributed by atoms with E-state index in [0.29, 0.717) is 0 Å². The first kappa shape index (κ1) is 18.2. The SMILES string of the molecule is CCc1csc(CCc2nccn3c(CN(C)C)c(C)c(CC)c23)c1. The van der Waals surface area contributed by atoms with Crippen LogP contribution in [-0.2, 0) is 32.2 Å². The second-order valence-corrected chi connectivity index (χ2v) is 8.00. The zero-order chi connectivity index (χ0) is 18.0. The van der Waals surface area contributed by atoms with Gasteiger partial charge in [0.15, 0.2) is 0 Å². The minimum absolute atomic E-state index is 0.960. The Hall–Kier alpha value is -1.65. The third-order valence-corrected chi connectivity index (χ3v) is 6.01. The van der Waals surface area contributed by atoms with Crippen LogP contribution < -0.4 is 0 Å². The lowest BCUT2D eigenvalue weighted by atomic mass is 10.1. The fraction of sp³-hybridized carbons (Fsp3) is 0.476. The zero-order valence-corrected chi connectivity index (χ0v) is 16.9. The smallest absolute Gasteiger partial charge is 0.0704 e. The molecule has 0 aromatic carbocycles.